The number of hydrogen-bond donors (Lipinski definition) is 2. The number of fused-ring (bicyclic) bond motifs is 1. The number of benzene rings is 1. The highest BCUT2D eigenvalue weighted by Crippen LogP contribution is 2.33. The largest absolute Gasteiger partial charge is 0.359 e. The average molecular weight is 453 g/mol. The third-order valence-corrected chi connectivity index (χ3v) is 6.49. The summed E-state index contributed by atoms with van der Waals surface area (Å²) in [6, 6.07) is 9.64. The first-order chi connectivity index (χ1) is 15.4. The Morgan fingerprint density at radius 1 is 1.16 bits per heavy atom. The maximum atomic E-state index is 4.58. The van der Waals surface area contributed by atoms with Crippen LogP contribution < -0.4 is 10.6 Å². The van der Waals surface area contributed by atoms with E-state index in [0.29, 0.717) is 12.1 Å². The van der Waals surface area contributed by atoms with Crippen molar-refractivity contribution in [2.75, 3.05) is 18.4 Å². The molecule has 2 aromatic rings. The number of piperidine rings is 1. The summed E-state index contributed by atoms with van der Waals surface area (Å²) in [6.07, 6.45) is 6.30. The Balaban J connectivity index is 0.00000176. The van der Waals surface area contributed by atoms with Crippen LogP contribution in [0.15, 0.2) is 60.4 Å². The van der Waals surface area contributed by atoms with E-state index in [-0.39, 0.29) is 0 Å². The number of hydrogen-bond acceptors (Lipinski definition) is 5. The van der Waals surface area contributed by atoms with E-state index in [4.69, 9.17) is 0 Å². The number of nitrogens with zero attached hydrogens (tertiary/aromatic N) is 2. The molecule has 0 saturated carbocycles. The number of rotatable bonds is 8. The second-order valence-corrected chi connectivity index (χ2v) is 9.55. The molecule has 2 N–H and O–H groups in total. The third kappa shape index (κ3) is 7.42. The molecular formula is C27H40N4S. The van der Waals surface area contributed by atoms with Crippen LogP contribution in [0.2, 0.25) is 0 Å². The first-order valence-corrected chi connectivity index (χ1v) is 12.5. The summed E-state index contributed by atoms with van der Waals surface area (Å²) in [4.78, 5) is 9.21. The molecule has 4 nitrogen and oxygen atoms in total. The van der Waals surface area contributed by atoms with Crippen LogP contribution >= 0.6 is 11.8 Å². The van der Waals surface area contributed by atoms with Gasteiger partial charge in [0.2, 0.25) is 0 Å². The number of pyridine rings is 1. The van der Waals surface area contributed by atoms with E-state index in [1.54, 1.807) is 11.8 Å². The Hall–Kier alpha value is -2.24. The van der Waals surface area contributed by atoms with Crippen molar-refractivity contribution in [1.29, 1.82) is 0 Å². The molecule has 0 spiro atoms. The Kier molecular flexibility index (Phi) is 10.3. The molecule has 3 rings (SSSR count). The van der Waals surface area contributed by atoms with Gasteiger partial charge >= 0.3 is 0 Å². The highest BCUT2D eigenvalue weighted by Gasteiger charge is 2.20. The Morgan fingerprint density at radius 3 is 2.47 bits per heavy atom. The molecule has 1 aromatic carbocycles. The van der Waals surface area contributed by atoms with Crippen molar-refractivity contribution in [3.05, 3.63) is 66.0 Å². The normalized spacial score (nSPS) is 14.8. The van der Waals surface area contributed by atoms with Crippen molar-refractivity contribution >= 4 is 33.3 Å². The molecule has 0 amide bonds. The van der Waals surface area contributed by atoms with Crippen LogP contribution in [0.3, 0.4) is 0 Å². The van der Waals surface area contributed by atoms with Crippen LogP contribution in [0, 0.1) is 0 Å². The zero-order valence-corrected chi connectivity index (χ0v) is 21.5. The summed E-state index contributed by atoms with van der Waals surface area (Å²) < 4.78 is 0. The van der Waals surface area contributed by atoms with Gasteiger partial charge in [0.05, 0.1) is 5.82 Å². The third-order valence-electron chi connectivity index (χ3n) is 5.45. The van der Waals surface area contributed by atoms with E-state index < -0.39 is 0 Å². The zero-order valence-electron chi connectivity index (χ0n) is 20.7. The minimum absolute atomic E-state index is 0.533. The monoisotopic (exact) mass is 452 g/mol. The molecule has 5 heteroatoms. The number of aromatic nitrogens is 1. The molecule has 0 aliphatic carbocycles. The second kappa shape index (κ2) is 12.7. The lowest BCUT2D eigenvalue weighted by atomic mass is 10.0. The first-order valence-electron chi connectivity index (χ1n) is 11.7. The van der Waals surface area contributed by atoms with Crippen LogP contribution in [0.5, 0.6) is 0 Å². The number of likely N-dealkylation sites (tertiary alicyclic amines) is 1. The van der Waals surface area contributed by atoms with Gasteiger partial charge < -0.3 is 15.5 Å². The lowest BCUT2D eigenvalue weighted by Crippen LogP contribution is -2.45. The second-order valence-electron chi connectivity index (χ2n) is 8.21. The smallest absolute Gasteiger partial charge is 0.131 e. The zero-order chi connectivity index (χ0) is 23.7. The van der Waals surface area contributed by atoms with Gasteiger partial charge in [0.15, 0.2) is 0 Å². The van der Waals surface area contributed by atoms with Crippen LogP contribution in [0.25, 0.3) is 15.7 Å². The highest BCUT2D eigenvalue weighted by atomic mass is 32.2. The van der Waals surface area contributed by atoms with Crippen molar-refractivity contribution in [2.24, 2.45) is 0 Å². The van der Waals surface area contributed by atoms with Gasteiger partial charge in [-0.25, -0.2) is 4.98 Å². The van der Waals surface area contributed by atoms with Crippen molar-refractivity contribution in [1.82, 2.24) is 15.2 Å². The molecule has 1 saturated heterocycles. The van der Waals surface area contributed by atoms with E-state index in [0.717, 1.165) is 58.8 Å². The summed E-state index contributed by atoms with van der Waals surface area (Å²) in [7, 11) is 0. The predicted molar refractivity (Wildman–Crippen MR) is 145 cm³/mol. The Bertz CT molecular complexity index is 940. The average Bonchev–Trinajstić information content (AvgIpc) is 2.79. The van der Waals surface area contributed by atoms with Crippen LogP contribution in [-0.2, 0) is 0 Å². The van der Waals surface area contributed by atoms with E-state index in [9.17, 15) is 0 Å². The fourth-order valence-electron chi connectivity index (χ4n) is 3.71. The van der Waals surface area contributed by atoms with Crippen molar-refractivity contribution < 1.29 is 0 Å². The molecule has 0 radical (unpaired) electrons. The van der Waals surface area contributed by atoms with Gasteiger partial charge in [0.1, 0.15) is 5.82 Å². The Morgan fingerprint density at radius 2 is 1.84 bits per heavy atom. The number of thioether (sulfide) groups is 1. The van der Waals surface area contributed by atoms with E-state index in [2.05, 4.69) is 91.7 Å². The number of nitrogens with one attached hydrogen (secondary N) is 2. The van der Waals surface area contributed by atoms with Gasteiger partial charge in [-0.1, -0.05) is 70.8 Å². The molecule has 1 aromatic heterocycles. The van der Waals surface area contributed by atoms with Gasteiger partial charge in [0, 0.05) is 41.7 Å². The minimum Gasteiger partial charge on any atom is -0.359 e. The quantitative estimate of drug-likeness (QED) is 0.442. The van der Waals surface area contributed by atoms with Gasteiger partial charge in [-0.2, -0.15) is 0 Å². The SMILES string of the molecule is C=C(S/C(C)=C\C)c1ccc2cnc(NC(=C)N3CCC(NC(C)C)CC3)cc2c1.CC. The maximum Gasteiger partial charge on any atom is 0.131 e. The van der Waals surface area contributed by atoms with Gasteiger partial charge in [-0.15, -0.1) is 0 Å². The molecule has 1 fully saturated rings. The van der Waals surface area contributed by atoms with Gasteiger partial charge in [-0.05, 0) is 54.7 Å². The fraction of sp³-hybridized carbons (Fsp3) is 0.444. The maximum absolute atomic E-state index is 4.58. The summed E-state index contributed by atoms with van der Waals surface area (Å²) in [5, 5.41) is 9.32. The van der Waals surface area contributed by atoms with Crippen LogP contribution in [0.4, 0.5) is 5.82 Å². The lowest BCUT2D eigenvalue weighted by molar-refractivity contribution is 0.237. The first kappa shape index (κ1) is 26.0. The minimum atomic E-state index is 0.533. The molecule has 32 heavy (non-hydrogen) atoms. The summed E-state index contributed by atoms with van der Waals surface area (Å²) >= 11 is 1.71. The predicted octanol–water partition coefficient (Wildman–Crippen LogP) is 7.23. The number of anilines is 1. The topological polar surface area (TPSA) is 40.2 Å². The fourth-order valence-corrected chi connectivity index (χ4v) is 4.46. The van der Waals surface area contributed by atoms with Crippen molar-refractivity contribution in [3.8, 4) is 0 Å². The molecule has 0 atom stereocenters. The standard InChI is InChI=1S/C25H34N4S.C2H6/c1-7-18(4)30-19(5)21-8-9-22-16-26-25(15-23(22)14-21)28-20(6)29-12-10-24(11-13-29)27-17(2)3;1-2/h7-9,14-17,24,27H,5-6,10-13H2,1-4H3,(H,26,28);1-2H3/b18-7-;. The molecule has 0 bridgehead atoms. The molecule has 2 heterocycles. The lowest BCUT2D eigenvalue weighted by Gasteiger charge is -2.35. The van der Waals surface area contributed by atoms with Gasteiger partial charge in [0.25, 0.3) is 0 Å². The molecule has 1 aliphatic heterocycles. The van der Waals surface area contributed by atoms with Gasteiger partial charge in [-0.3, -0.25) is 0 Å². The van der Waals surface area contributed by atoms with E-state index in [1.165, 1.54) is 4.91 Å². The Labute approximate surface area is 199 Å². The van der Waals surface area contributed by atoms with Crippen molar-refractivity contribution in [3.63, 3.8) is 0 Å². The van der Waals surface area contributed by atoms with E-state index in [1.807, 2.05) is 20.0 Å². The van der Waals surface area contributed by atoms with Crippen molar-refractivity contribution in [2.45, 2.75) is 66.5 Å². The molecule has 0 unspecified atom stereocenters. The summed E-state index contributed by atoms with van der Waals surface area (Å²) in [5.74, 6) is 1.75. The molecule has 174 valence electrons. The van der Waals surface area contributed by atoms with Crippen LogP contribution in [0.1, 0.15) is 59.9 Å². The summed E-state index contributed by atoms with van der Waals surface area (Å²) in [5.41, 5.74) is 1.14. The molecule has 1 aliphatic rings. The summed E-state index contributed by atoms with van der Waals surface area (Å²) in [6.45, 7) is 23.1. The molecular weight excluding hydrogens is 412 g/mol. The van der Waals surface area contributed by atoms with E-state index >= 15 is 0 Å². The van der Waals surface area contributed by atoms with Crippen LogP contribution in [-0.4, -0.2) is 35.1 Å². The number of allylic oxidation sites excluding steroid dienone is 2. The highest BCUT2D eigenvalue weighted by molar-refractivity contribution is 8.11.